The van der Waals surface area contributed by atoms with E-state index in [1.165, 1.54) is 6.07 Å². The highest BCUT2D eigenvalue weighted by atomic mass is 35.5. The molecule has 4 aromatic rings. The van der Waals surface area contributed by atoms with E-state index in [0.29, 0.717) is 49.0 Å². The number of hydrogen-bond acceptors (Lipinski definition) is 9. The van der Waals surface area contributed by atoms with Crippen molar-refractivity contribution in [1.29, 1.82) is 0 Å². The van der Waals surface area contributed by atoms with E-state index in [1.807, 2.05) is 24.3 Å². The highest BCUT2D eigenvalue weighted by molar-refractivity contribution is 6.35. The van der Waals surface area contributed by atoms with Gasteiger partial charge in [-0.3, -0.25) is 4.90 Å². The molecule has 3 heterocycles. The molecular formula is C34H39ClFN5O5. The molecule has 0 spiro atoms. The van der Waals surface area contributed by atoms with E-state index in [-0.39, 0.29) is 40.5 Å². The molecule has 1 aromatic heterocycles. The minimum Gasteiger partial charge on any atom is -0.508 e. The summed E-state index contributed by atoms with van der Waals surface area (Å²) in [6.07, 6.45) is 1.83. The zero-order valence-corrected chi connectivity index (χ0v) is 26.8. The lowest BCUT2D eigenvalue weighted by atomic mass is 9.96. The van der Waals surface area contributed by atoms with Crippen molar-refractivity contribution in [1.82, 2.24) is 19.8 Å². The highest BCUT2D eigenvalue weighted by Crippen LogP contribution is 2.42. The van der Waals surface area contributed by atoms with Crippen molar-refractivity contribution < 1.29 is 28.9 Å². The van der Waals surface area contributed by atoms with Crippen LogP contribution in [0.15, 0.2) is 42.5 Å². The second-order valence-electron chi connectivity index (χ2n) is 12.3. The largest absolute Gasteiger partial charge is 0.508 e. The van der Waals surface area contributed by atoms with E-state index < -0.39 is 11.8 Å². The smallest absolute Gasteiger partial charge is 0.329 e. The Kier molecular flexibility index (Phi) is 9.74. The number of carboxylic acid groups (broad SMARTS) is 1. The number of hydrogen-bond donors (Lipinski definition) is 2. The molecular weight excluding hydrogens is 613 g/mol. The Bertz CT molecular complexity index is 1730. The molecule has 10 nitrogen and oxygen atoms in total. The topological polar surface area (TPSA) is 111 Å². The van der Waals surface area contributed by atoms with Crippen LogP contribution in [0.4, 0.5) is 10.2 Å². The van der Waals surface area contributed by atoms with E-state index in [1.54, 1.807) is 12.1 Å². The van der Waals surface area contributed by atoms with Crippen molar-refractivity contribution >= 4 is 45.1 Å². The maximum absolute atomic E-state index is 16.8. The van der Waals surface area contributed by atoms with Crippen LogP contribution >= 0.6 is 11.6 Å². The van der Waals surface area contributed by atoms with Gasteiger partial charge in [-0.05, 0) is 80.4 Å². The SMILES string of the molecule is C[C@H]1CN(C)CCN1c1nc(OCCN2CCC(COCC(=O)O)CC2)nc2c(F)c(-c3cc(O)cc4ccccc34)c(Cl)cc12. The zero-order valence-electron chi connectivity index (χ0n) is 26.1. The third-order valence-electron chi connectivity index (χ3n) is 8.99. The second kappa shape index (κ2) is 13.9. The van der Waals surface area contributed by atoms with Crippen LogP contribution in [0, 0.1) is 11.7 Å². The molecule has 0 unspecified atom stereocenters. The number of carboxylic acids is 1. The van der Waals surface area contributed by atoms with Gasteiger partial charge in [0.2, 0.25) is 0 Å². The molecule has 2 aliphatic heterocycles. The minimum atomic E-state index is -0.956. The van der Waals surface area contributed by atoms with Crippen molar-refractivity contribution in [3.8, 4) is 22.9 Å². The Hall–Kier alpha value is -3.77. The third kappa shape index (κ3) is 6.97. The number of rotatable bonds is 10. The van der Waals surface area contributed by atoms with Gasteiger partial charge >= 0.3 is 12.0 Å². The van der Waals surface area contributed by atoms with Crippen LogP contribution in [0.3, 0.4) is 0 Å². The summed E-state index contributed by atoms with van der Waals surface area (Å²) in [5.41, 5.74) is 0.756. The van der Waals surface area contributed by atoms with Gasteiger partial charge in [-0.2, -0.15) is 9.97 Å². The van der Waals surface area contributed by atoms with Gasteiger partial charge in [0, 0.05) is 43.2 Å². The van der Waals surface area contributed by atoms with Gasteiger partial charge < -0.3 is 29.5 Å². The van der Waals surface area contributed by atoms with Gasteiger partial charge in [0.25, 0.3) is 0 Å². The quantitative estimate of drug-likeness (QED) is 0.235. The molecule has 12 heteroatoms. The molecule has 2 aliphatic rings. The molecule has 6 rings (SSSR count). The summed E-state index contributed by atoms with van der Waals surface area (Å²) < 4.78 is 28.1. The third-order valence-corrected chi connectivity index (χ3v) is 9.28. The van der Waals surface area contributed by atoms with Gasteiger partial charge in [0.05, 0.1) is 11.6 Å². The molecule has 0 aliphatic carbocycles. The number of anilines is 1. The van der Waals surface area contributed by atoms with Crippen LogP contribution in [0.25, 0.3) is 32.8 Å². The van der Waals surface area contributed by atoms with Gasteiger partial charge in [0.15, 0.2) is 5.82 Å². The first-order valence-electron chi connectivity index (χ1n) is 15.7. The molecule has 2 saturated heterocycles. The number of nitrogens with zero attached hydrogens (tertiary/aromatic N) is 5. The van der Waals surface area contributed by atoms with E-state index in [4.69, 9.17) is 31.2 Å². The monoisotopic (exact) mass is 651 g/mol. The van der Waals surface area contributed by atoms with Crippen molar-refractivity contribution in [2.24, 2.45) is 5.92 Å². The summed E-state index contributed by atoms with van der Waals surface area (Å²) >= 11 is 6.85. The number of likely N-dealkylation sites (N-methyl/N-ethyl adjacent to an activating group) is 1. The lowest BCUT2D eigenvalue weighted by Crippen LogP contribution is -2.51. The number of aromatic hydroxyl groups is 1. The number of benzene rings is 3. The first kappa shape index (κ1) is 32.2. The number of piperidine rings is 1. The number of fused-ring (bicyclic) bond motifs is 2. The fraction of sp³-hybridized carbons (Fsp3) is 0.441. The number of carbonyl (C=O) groups is 1. The first-order valence-corrected chi connectivity index (χ1v) is 16.1. The normalized spacial score (nSPS) is 18.4. The highest BCUT2D eigenvalue weighted by Gasteiger charge is 2.28. The predicted molar refractivity (Wildman–Crippen MR) is 177 cm³/mol. The van der Waals surface area contributed by atoms with Gasteiger partial charge in [-0.1, -0.05) is 35.9 Å². The van der Waals surface area contributed by atoms with Crippen LogP contribution < -0.4 is 9.64 Å². The number of likely N-dealkylation sites (tertiary alicyclic amines) is 1. The number of phenols is 1. The van der Waals surface area contributed by atoms with E-state index in [2.05, 4.69) is 33.7 Å². The van der Waals surface area contributed by atoms with Gasteiger partial charge in [-0.15, -0.1) is 0 Å². The molecule has 2 fully saturated rings. The van der Waals surface area contributed by atoms with Crippen LogP contribution in [0.5, 0.6) is 11.8 Å². The van der Waals surface area contributed by atoms with Crippen molar-refractivity contribution in [2.45, 2.75) is 25.8 Å². The van der Waals surface area contributed by atoms with Crippen molar-refractivity contribution in [3.63, 3.8) is 0 Å². The number of piperazine rings is 1. The van der Waals surface area contributed by atoms with Crippen molar-refractivity contribution in [2.75, 3.05) is 71.0 Å². The summed E-state index contributed by atoms with van der Waals surface area (Å²) in [4.78, 5) is 26.8. The minimum absolute atomic E-state index is 0.0137. The summed E-state index contributed by atoms with van der Waals surface area (Å²) in [5.74, 6) is -0.625. The Morgan fingerprint density at radius 1 is 1.09 bits per heavy atom. The number of phenolic OH excluding ortho intramolecular Hbond substituents is 1. The number of aromatic nitrogens is 2. The molecule has 1 atom stereocenters. The average molecular weight is 652 g/mol. The lowest BCUT2D eigenvalue weighted by Gasteiger charge is -2.39. The lowest BCUT2D eigenvalue weighted by molar-refractivity contribution is -0.142. The Labute approximate surface area is 272 Å². The van der Waals surface area contributed by atoms with Crippen molar-refractivity contribution in [3.05, 3.63) is 53.3 Å². The average Bonchev–Trinajstić information content (AvgIpc) is 3.02. The molecule has 0 saturated carbocycles. The fourth-order valence-corrected chi connectivity index (χ4v) is 6.90. The van der Waals surface area contributed by atoms with Gasteiger partial charge in [0.1, 0.15) is 30.3 Å². The Balaban J connectivity index is 1.29. The fourth-order valence-electron chi connectivity index (χ4n) is 6.60. The molecule has 0 radical (unpaired) electrons. The van der Waals surface area contributed by atoms with E-state index in [0.717, 1.165) is 49.8 Å². The molecule has 244 valence electrons. The predicted octanol–water partition coefficient (Wildman–Crippen LogP) is 5.28. The van der Waals surface area contributed by atoms with Crippen LogP contribution in [-0.2, 0) is 9.53 Å². The number of ether oxygens (including phenoxy) is 2. The summed E-state index contributed by atoms with van der Waals surface area (Å²) in [5, 5.41) is 21.5. The molecule has 0 bridgehead atoms. The Morgan fingerprint density at radius 3 is 2.63 bits per heavy atom. The van der Waals surface area contributed by atoms with Crippen LogP contribution in [-0.4, -0.2) is 108 Å². The number of halogens is 2. The molecule has 46 heavy (non-hydrogen) atoms. The summed E-state index contributed by atoms with van der Waals surface area (Å²) in [6, 6.07) is 12.6. The zero-order chi connectivity index (χ0) is 32.4. The molecule has 3 aromatic carbocycles. The molecule has 2 N–H and O–H groups in total. The first-order chi connectivity index (χ1) is 22.2. The van der Waals surface area contributed by atoms with Crippen LogP contribution in [0.2, 0.25) is 5.02 Å². The standard InChI is InChI=1S/C34H39ClFN5O5/c1-21-18-39(2)11-12-41(21)33-27-17-28(35)30(26-16-24(42)15-23-5-3-4-6-25(23)26)31(36)32(27)37-34(38-33)46-14-13-40-9-7-22(8-10-40)19-45-20-29(43)44/h3-6,15-17,21-22,42H,7-14,18-20H2,1-2H3,(H,43,44)/t21-/m0/s1. The second-order valence-corrected chi connectivity index (χ2v) is 12.7. The summed E-state index contributed by atoms with van der Waals surface area (Å²) in [6.45, 7) is 7.31. The molecule has 0 amide bonds. The number of aliphatic carboxylic acids is 1. The maximum Gasteiger partial charge on any atom is 0.329 e. The summed E-state index contributed by atoms with van der Waals surface area (Å²) in [7, 11) is 2.08. The van der Waals surface area contributed by atoms with E-state index in [9.17, 15) is 9.90 Å². The maximum atomic E-state index is 16.8. The van der Waals surface area contributed by atoms with Gasteiger partial charge in [-0.25, -0.2) is 9.18 Å². The van der Waals surface area contributed by atoms with E-state index >= 15 is 4.39 Å². The Morgan fingerprint density at radius 2 is 1.87 bits per heavy atom. The van der Waals surface area contributed by atoms with Crippen LogP contribution in [0.1, 0.15) is 19.8 Å².